The van der Waals surface area contributed by atoms with E-state index in [0.29, 0.717) is 11.8 Å². The Bertz CT molecular complexity index is 423. The number of nitrogens with two attached hydrogens (primary N) is 1. The molecule has 4 nitrogen and oxygen atoms in total. The van der Waals surface area contributed by atoms with Crippen molar-refractivity contribution in [2.75, 3.05) is 0 Å². The highest BCUT2D eigenvalue weighted by atomic mass is 16.2. The van der Waals surface area contributed by atoms with Crippen LogP contribution in [-0.4, -0.2) is 28.3 Å². The molecule has 3 atom stereocenters. The van der Waals surface area contributed by atoms with E-state index in [9.17, 15) is 4.79 Å². The minimum Gasteiger partial charge on any atom is -0.385 e. The predicted octanol–water partition coefficient (Wildman–Crippen LogP) is 2.14. The number of carbonyl (C=O) groups excluding carboxylic acids is 1. The second-order valence-corrected chi connectivity index (χ2v) is 5.39. The van der Waals surface area contributed by atoms with Crippen LogP contribution < -0.4 is 5.73 Å². The molecule has 2 N–H and O–H groups in total. The lowest BCUT2D eigenvalue weighted by atomic mass is 9.73. The molecule has 1 fully saturated rings. The van der Waals surface area contributed by atoms with Gasteiger partial charge in [-0.3, -0.25) is 4.90 Å². The molecule has 18 heavy (non-hydrogen) atoms. The van der Waals surface area contributed by atoms with Crippen LogP contribution in [0, 0.1) is 18.3 Å². The topological polar surface area (TPSA) is 58.7 Å². The van der Waals surface area contributed by atoms with E-state index in [0.717, 1.165) is 25.7 Å². The SMILES string of the molecule is C#CC(C)N1C(=O)N=C(N)C12CCCC(CC)C2. The van der Waals surface area contributed by atoms with E-state index in [-0.39, 0.29) is 12.1 Å². The second kappa shape index (κ2) is 4.64. The summed E-state index contributed by atoms with van der Waals surface area (Å²) in [5, 5.41) is 0. The summed E-state index contributed by atoms with van der Waals surface area (Å²) < 4.78 is 0. The van der Waals surface area contributed by atoms with Gasteiger partial charge in [0.05, 0.1) is 6.04 Å². The minimum atomic E-state index is -0.415. The van der Waals surface area contributed by atoms with Gasteiger partial charge in [-0.2, -0.15) is 4.99 Å². The smallest absolute Gasteiger partial charge is 0.347 e. The average Bonchev–Trinajstić information content (AvgIpc) is 2.60. The number of aliphatic imine (C=N–C) groups is 1. The maximum absolute atomic E-state index is 12.0. The Labute approximate surface area is 109 Å². The van der Waals surface area contributed by atoms with Crippen LogP contribution in [0.25, 0.3) is 0 Å². The van der Waals surface area contributed by atoms with Gasteiger partial charge in [0.1, 0.15) is 11.4 Å². The molecule has 4 heteroatoms. The second-order valence-electron chi connectivity index (χ2n) is 5.39. The Morgan fingerprint density at radius 1 is 1.72 bits per heavy atom. The van der Waals surface area contributed by atoms with Crippen LogP contribution in [0.4, 0.5) is 4.79 Å². The zero-order chi connectivity index (χ0) is 13.3. The van der Waals surface area contributed by atoms with Crippen LogP contribution in [0.2, 0.25) is 0 Å². The van der Waals surface area contributed by atoms with Crippen molar-refractivity contribution < 1.29 is 4.79 Å². The number of amidine groups is 1. The number of carbonyl (C=O) groups is 1. The van der Waals surface area contributed by atoms with E-state index in [2.05, 4.69) is 17.8 Å². The monoisotopic (exact) mass is 247 g/mol. The average molecular weight is 247 g/mol. The molecule has 1 aliphatic heterocycles. The van der Waals surface area contributed by atoms with Gasteiger partial charge in [-0.05, 0) is 25.7 Å². The van der Waals surface area contributed by atoms with Crippen LogP contribution in [0.1, 0.15) is 46.0 Å². The fourth-order valence-electron chi connectivity index (χ4n) is 3.34. The minimum absolute atomic E-state index is 0.252. The number of terminal acetylenes is 1. The molecule has 0 aromatic rings. The highest BCUT2D eigenvalue weighted by Gasteiger charge is 2.51. The van der Waals surface area contributed by atoms with Crippen molar-refractivity contribution in [3.63, 3.8) is 0 Å². The zero-order valence-corrected chi connectivity index (χ0v) is 11.1. The first-order chi connectivity index (χ1) is 8.55. The van der Waals surface area contributed by atoms with Crippen molar-refractivity contribution in [3.8, 4) is 12.3 Å². The first-order valence-electron chi connectivity index (χ1n) is 6.69. The summed E-state index contributed by atoms with van der Waals surface area (Å²) in [4.78, 5) is 17.7. The molecule has 0 saturated heterocycles. The highest BCUT2D eigenvalue weighted by molar-refractivity contribution is 6.06. The summed E-state index contributed by atoms with van der Waals surface area (Å²) in [6.07, 6.45) is 10.7. The standard InChI is InChI=1S/C14H21N3O/c1-4-10(3)17-13(18)16-12(15)14(17)8-6-7-11(5-2)9-14/h1,10-11H,5-9H2,2-3H3,(H2,15,16,18). The molecule has 1 saturated carbocycles. The first-order valence-corrected chi connectivity index (χ1v) is 6.69. The highest BCUT2D eigenvalue weighted by Crippen LogP contribution is 2.42. The Balaban J connectivity index is 2.35. The first kappa shape index (κ1) is 12.9. The predicted molar refractivity (Wildman–Crippen MR) is 72.1 cm³/mol. The summed E-state index contributed by atoms with van der Waals surface area (Å²) in [7, 11) is 0. The van der Waals surface area contributed by atoms with E-state index >= 15 is 0 Å². The molecule has 1 heterocycles. The fourth-order valence-corrected chi connectivity index (χ4v) is 3.34. The molecule has 2 amide bonds. The van der Waals surface area contributed by atoms with E-state index < -0.39 is 5.54 Å². The van der Waals surface area contributed by atoms with Gasteiger partial charge >= 0.3 is 6.03 Å². The van der Waals surface area contributed by atoms with Crippen LogP contribution in [0.15, 0.2) is 4.99 Å². The third-order valence-corrected chi connectivity index (χ3v) is 4.40. The quantitative estimate of drug-likeness (QED) is 0.760. The summed E-state index contributed by atoms with van der Waals surface area (Å²) in [5.74, 6) is 3.71. The maximum atomic E-state index is 12.0. The maximum Gasteiger partial charge on any atom is 0.347 e. The molecular weight excluding hydrogens is 226 g/mol. The number of hydrogen-bond donors (Lipinski definition) is 1. The normalized spacial score (nSPS) is 33.4. The summed E-state index contributed by atoms with van der Waals surface area (Å²) >= 11 is 0. The molecule has 3 unspecified atom stereocenters. The van der Waals surface area contributed by atoms with E-state index in [4.69, 9.17) is 12.2 Å². The van der Waals surface area contributed by atoms with Crippen LogP contribution in [0.3, 0.4) is 0 Å². The summed E-state index contributed by atoms with van der Waals surface area (Å²) in [6.45, 7) is 4.05. The Hall–Kier alpha value is -1.50. The van der Waals surface area contributed by atoms with Crippen molar-refractivity contribution in [3.05, 3.63) is 0 Å². The van der Waals surface area contributed by atoms with Gasteiger partial charge in [0.25, 0.3) is 0 Å². The van der Waals surface area contributed by atoms with E-state index in [1.165, 1.54) is 6.42 Å². The molecule has 98 valence electrons. The van der Waals surface area contributed by atoms with Crippen LogP contribution in [-0.2, 0) is 0 Å². The van der Waals surface area contributed by atoms with Crippen molar-refractivity contribution >= 4 is 11.9 Å². The van der Waals surface area contributed by atoms with E-state index in [1.54, 1.807) is 4.90 Å². The molecule has 0 radical (unpaired) electrons. The molecule has 2 aliphatic rings. The summed E-state index contributed by atoms with van der Waals surface area (Å²) in [6, 6.07) is -0.521. The molecule has 1 aliphatic carbocycles. The lowest BCUT2D eigenvalue weighted by Gasteiger charge is -2.45. The van der Waals surface area contributed by atoms with Gasteiger partial charge < -0.3 is 5.73 Å². The van der Waals surface area contributed by atoms with Crippen molar-refractivity contribution in [2.45, 2.75) is 57.5 Å². The van der Waals surface area contributed by atoms with Gasteiger partial charge in [0.15, 0.2) is 0 Å². The molecule has 0 aromatic carbocycles. The Morgan fingerprint density at radius 2 is 2.44 bits per heavy atom. The van der Waals surface area contributed by atoms with Gasteiger partial charge in [0, 0.05) is 0 Å². The molecule has 0 aromatic heterocycles. The number of urea groups is 1. The fraction of sp³-hybridized carbons (Fsp3) is 0.714. The largest absolute Gasteiger partial charge is 0.385 e. The van der Waals surface area contributed by atoms with Crippen molar-refractivity contribution in [2.24, 2.45) is 16.6 Å². The zero-order valence-electron chi connectivity index (χ0n) is 11.1. The number of nitrogens with zero attached hydrogens (tertiary/aromatic N) is 2. The third kappa shape index (κ3) is 1.78. The van der Waals surface area contributed by atoms with Gasteiger partial charge in [-0.15, -0.1) is 6.42 Å². The van der Waals surface area contributed by atoms with Crippen LogP contribution in [0.5, 0.6) is 0 Å². The van der Waals surface area contributed by atoms with Crippen molar-refractivity contribution in [1.29, 1.82) is 0 Å². The lowest BCUT2D eigenvalue weighted by Crippen LogP contribution is -2.59. The number of amides is 2. The molecular formula is C14H21N3O. The lowest BCUT2D eigenvalue weighted by molar-refractivity contribution is 0.107. The Morgan fingerprint density at radius 3 is 3.06 bits per heavy atom. The van der Waals surface area contributed by atoms with Crippen LogP contribution >= 0.6 is 0 Å². The molecule has 1 spiro atoms. The number of hydrogen-bond acceptors (Lipinski definition) is 2. The van der Waals surface area contributed by atoms with Crippen molar-refractivity contribution in [1.82, 2.24) is 4.90 Å². The third-order valence-electron chi connectivity index (χ3n) is 4.40. The molecule has 2 rings (SSSR count). The van der Waals surface area contributed by atoms with Gasteiger partial charge in [-0.25, -0.2) is 4.79 Å². The van der Waals surface area contributed by atoms with Gasteiger partial charge in [-0.1, -0.05) is 32.1 Å². The van der Waals surface area contributed by atoms with Gasteiger partial charge in [0.2, 0.25) is 0 Å². The number of rotatable bonds is 2. The Kier molecular flexibility index (Phi) is 3.34. The van der Waals surface area contributed by atoms with E-state index in [1.807, 2.05) is 6.92 Å². The molecule has 0 bridgehead atoms. The summed E-state index contributed by atoms with van der Waals surface area (Å²) in [5.41, 5.74) is 5.64.